The number of nitrogens with zero attached hydrogens (tertiary/aromatic N) is 3. The van der Waals surface area contributed by atoms with E-state index in [0.717, 1.165) is 11.1 Å². The van der Waals surface area contributed by atoms with Crippen molar-refractivity contribution in [1.82, 2.24) is 4.90 Å². The largest absolute Gasteiger partial charge is 0.284 e. The first-order valence-electron chi connectivity index (χ1n) is 8.16. The summed E-state index contributed by atoms with van der Waals surface area (Å²) in [4.78, 5) is 14.2. The molecule has 0 N–H and O–H groups in total. The molecule has 4 nitrogen and oxygen atoms in total. The Morgan fingerprint density at radius 2 is 1.88 bits per heavy atom. The molecule has 0 saturated carbocycles. The lowest BCUT2D eigenvalue weighted by molar-refractivity contribution is -0.126. The Morgan fingerprint density at radius 1 is 1.19 bits per heavy atom. The standard InChI is InChI=1S/C19H17ClFN3OS/c1-2-17-18(25)24(12-14-5-9-16(21)10-6-14)19(26-17)23-22-11-13-3-7-15(20)8-4-13/h3-11,17H,2,12H2,1H3/b22-11-,23-19-/t17-/m0/s1. The van der Waals surface area contributed by atoms with E-state index in [-0.39, 0.29) is 17.0 Å². The van der Waals surface area contributed by atoms with Crippen LogP contribution in [-0.2, 0) is 11.3 Å². The highest BCUT2D eigenvalue weighted by Gasteiger charge is 2.36. The Kier molecular flexibility index (Phi) is 6.06. The van der Waals surface area contributed by atoms with Crippen LogP contribution in [0.4, 0.5) is 4.39 Å². The van der Waals surface area contributed by atoms with Gasteiger partial charge in [0.05, 0.1) is 18.0 Å². The van der Waals surface area contributed by atoms with Crippen LogP contribution >= 0.6 is 23.4 Å². The third kappa shape index (κ3) is 4.51. The second-order valence-corrected chi connectivity index (χ2v) is 7.35. The molecule has 26 heavy (non-hydrogen) atoms. The molecule has 1 amide bonds. The van der Waals surface area contributed by atoms with Gasteiger partial charge in [0.2, 0.25) is 5.91 Å². The van der Waals surface area contributed by atoms with Gasteiger partial charge in [0.15, 0.2) is 5.17 Å². The highest BCUT2D eigenvalue weighted by molar-refractivity contribution is 8.15. The number of halogens is 2. The van der Waals surface area contributed by atoms with E-state index >= 15 is 0 Å². The predicted octanol–water partition coefficient (Wildman–Crippen LogP) is 4.72. The van der Waals surface area contributed by atoms with E-state index in [1.165, 1.54) is 23.9 Å². The summed E-state index contributed by atoms with van der Waals surface area (Å²) in [7, 11) is 0. The summed E-state index contributed by atoms with van der Waals surface area (Å²) in [6.07, 6.45) is 2.33. The number of benzene rings is 2. The van der Waals surface area contributed by atoms with Crippen LogP contribution < -0.4 is 0 Å². The Hall–Kier alpha value is -2.18. The topological polar surface area (TPSA) is 45.0 Å². The molecule has 2 aromatic carbocycles. The average molecular weight is 390 g/mol. The molecular weight excluding hydrogens is 373 g/mol. The first kappa shape index (κ1) is 18.6. The number of carbonyl (C=O) groups is 1. The first-order valence-corrected chi connectivity index (χ1v) is 9.41. The summed E-state index contributed by atoms with van der Waals surface area (Å²) >= 11 is 7.26. The van der Waals surface area contributed by atoms with Crippen LogP contribution in [0.15, 0.2) is 58.7 Å². The Balaban J connectivity index is 1.78. The van der Waals surface area contributed by atoms with Gasteiger partial charge in [-0.15, -0.1) is 5.10 Å². The van der Waals surface area contributed by atoms with E-state index in [1.54, 1.807) is 35.4 Å². The molecule has 1 atom stereocenters. The van der Waals surface area contributed by atoms with E-state index < -0.39 is 0 Å². The van der Waals surface area contributed by atoms with Gasteiger partial charge in [-0.3, -0.25) is 9.69 Å². The molecule has 0 aliphatic carbocycles. The van der Waals surface area contributed by atoms with Gasteiger partial charge in [0, 0.05) is 5.02 Å². The molecule has 0 bridgehead atoms. The number of rotatable bonds is 5. The van der Waals surface area contributed by atoms with Crippen molar-refractivity contribution in [3.63, 3.8) is 0 Å². The molecule has 0 spiro atoms. The SMILES string of the molecule is CC[C@@H]1S/C(=N\N=C/c2ccc(Cl)cc2)N(Cc2ccc(F)cc2)C1=O. The lowest BCUT2D eigenvalue weighted by Gasteiger charge is -2.15. The summed E-state index contributed by atoms with van der Waals surface area (Å²) in [6.45, 7) is 2.31. The maximum Gasteiger partial charge on any atom is 0.242 e. The zero-order chi connectivity index (χ0) is 18.5. The summed E-state index contributed by atoms with van der Waals surface area (Å²) in [5.41, 5.74) is 1.71. The molecule has 134 valence electrons. The van der Waals surface area contributed by atoms with Gasteiger partial charge in [-0.25, -0.2) is 4.39 Å². The highest BCUT2D eigenvalue weighted by atomic mass is 35.5. The minimum absolute atomic E-state index is 0.00210. The number of hydrogen-bond acceptors (Lipinski definition) is 4. The number of thioether (sulfide) groups is 1. The first-order chi connectivity index (χ1) is 12.6. The monoisotopic (exact) mass is 389 g/mol. The molecule has 3 rings (SSSR count). The van der Waals surface area contributed by atoms with Crippen molar-refractivity contribution in [1.29, 1.82) is 0 Å². The van der Waals surface area contributed by atoms with Gasteiger partial charge in [-0.2, -0.15) is 5.10 Å². The van der Waals surface area contributed by atoms with Crippen LogP contribution in [0, 0.1) is 5.82 Å². The minimum Gasteiger partial charge on any atom is -0.284 e. The summed E-state index contributed by atoms with van der Waals surface area (Å²) in [5, 5.41) is 9.38. The van der Waals surface area contributed by atoms with Crippen LogP contribution in [-0.4, -0.2) is 27.4 Å². The third-order valence-electron chi connectivity index (χ3n) is 3.86. The van der Waals surface area contributed by atoms with Crippen LogP contribution in [0.3, 0.4) is 0 Å². The summed E-state index contributed by atoms with van der Waals surface area (Å²) in [5.74, 6) is -0.300. The number of amides is 1. The molecule has 0 radical (unpaired) electrons. The fourth-order valence-corrected chi connectivity index (χ4v) is 3.61. The van der Waals surface area contributed by atoms with Crippen molar-refractivity contribution in [2.45, 2.75) is 25.1 Å². The van der Waals surface area contributed by atoms with Crippen LogP contribution in [0.2, 0.25) is 5.02 Å². The normalized spacial score (nSPS) is 19.0. The van der Waals surface area contributed by atoms with Crippen LogP contribution in [0.1, 0.15) is 24.5 Å². The lowest BCUT2D eigenvalue weighted by atomic mass is 10.2. The average Bonchev–Trinajstić information content (AvgIpc) is 2.94. The van der Waals surface area contributed by atoms with E-state index in [2.05, 4.69) is 10.2 Å². The van der Waals surface area contributed by atoms with Crippen molar-refractivity contribution in [2.75, 3.05) is 0 Å². The minimum atomic E-state index is -0.302. The van der Waals surface area contributed by atoms with Gasteiger partial charge >= 0.3 is 0 Å². The number of amidine groups is 1. The zero-order valence-electron chi connectivity index (χ0n) is 14.1. The van der Waals surface area contributed by atoms with E-state index in [4.69, 9.17) is 11.6 Å². The highest BCUT2D eigenvalue weighted by Crippen LogP contribution is 2.30. The maximum atomic E-state index is 13.1. The van der Waals surface area contributed by atoms with Crippen molar-refractivity contribution < 1.29 is 9.18 Å². The Labute approximate surface area is 160 Å². The molecule has 1 saturated heterocycles. The fourth-order valence-electron chi connectivity index (χ4n) is 2.46. The second kappa shape index (κ2) is 8.47. The fraction of sp³-hybridized carbons (Fsp3) is 0.211. The van der Waals surface area contributed by atoms with Crippen molar-refractivity contribution >= 4 is 40.7 Å². The number of carbonyl (C=O) groups excluding carboxylic acids is 1. The molecule has 2 aromatic rings. The van der Waals surface area contributed by atoms with Gasteiger partial charge < -0.3 is 0 Å². The maximum absolute atomic E-state index is 13.1. The molecule has 0 unspecified atom stereocenters. The summed E-state index contributed by atoms with van der Waals surface area (Å²) < 4.78 is 13.1. The quantitative estimate of drug-likeness (QED) is 0.548. The second-order valence-electron chi connectivity index (χ2n) is 5.74. The Bertz CT molecular complexity index is 837. The third-order valence-corrected chi connectivity index (χ3v) is 5.45. The molecule has 1 aliphatic rings. The molecule has 7 heteroatoms. The van der Waals surface area contributed by atoms with Gasteiger partial charge in [0.25, 0.3) is 0 Å². The smallest absolute Gasteiger partial charge is 0.242 e. The number of hydrogen-bond donors (Lipinski definition) is 0. The van der Waals surface area contributed by atoms with Crippen LogP contribution in [0.25, 0.3) is 0 Å². The van der Waals surface area contributed by atoms with Gasteiger partial charge in [-0.05, 0) is 41.8 Å². The van der Waals surface area contributed by atoms with Crippen molar-refractivity contribution in [3.8, 4) is 0 Å². The molecule has 0 aromatic heterocycles. The molecule has 1 fully saturated rings. The van der Waals surface area contributed by atoms with Crippen molar-refractivity contribution in [3.05, 3.63) is 70.5 Å². The van der Waals surface area contributed by atoms with Gasteiger partial charge in [0.1, 0.15) is 5.82 Å². The zero-order valence-corrected chi connectivity index (χ0v) is 15.7. The van der Waals surface area contributed by atoms with Crippen molar-refractivity contribution in [2.24, 2.45) is 10.2 Å². The Morgan fingerprint density at radius 3 is 2.54 bits per heavy atom. The van der Waals surface area contributed by atoms with E-state index in [9.17, 15) is 9.18 Å². The summed E-state index contributed by atoms with van der Waals surface area (Å²) in [6, 6.07) is 13.3. The lowest BCUT2D eigenvalue weighted by Crippen LogP contribution is -2.31. The predicted molar refractivity (Wildman–Crippen MR) is 105 cm³/mol. The van der Waals surface area contributed by atoms with Gasteiger partial charge in [-0.1, -0.05) is 54.6 Å². The van der Waals surface area contributed by atoms with Crippen LogP contribution in [0.5, 0.6) is 0 Å². The van der Waals surface area contributed by atoms with E-state index in [1.807, 2.05) is 19.1 Å². The molecule has 1 aliphatic heterocycles. The van der Waals surface area contributed by atoms with E-state index in [0.29, 0.717) is 23.2 Å². The molecule has 1 heterocycles. The molecular formula is C19H17ClFN3OS.